The van der Waals surface area contributed by atoms with Gasteiger partial charge in [0.25, 0.3) is 5.91 Å². The molecule has 4 nitrogen and oxygen atoms in total. The Morgan fingerprint density at radius 3 is 2.76 bits per heavy atom. The van der Waals surface area contributed by atoms with Crippen molar-refractivity contribution in [1.29, 1.82) is 0 Å². The zero-order valence-electron chi connectivity index (χ0n) is 10.5. The van der Waals surface area contributed by atoms with Gasteiger partial charge in [-0.2, -0.15) is 5.10 Å². The van der Waals surface area contributed by atoms with Crippen molar-refractivity contribution in [2.45, 2.75) is 0 Å². The van der Waals surface area contributed by atoms with E-state index in [1.807, 2.05) is 34.7 Å². The SMILES string of the molecule is O=C(N/N=C\c1cc(Br)cc(I)c1O)c1cccc(I)c1. The van der Waals surface area contributed by atoms with Gasteiger partial charge in [0.15, 0.2) is 0 Å². The molecule has 2 rings (SSSR count). The summed E-state index contributed by atoms with van der Waals surface area (Å²) < 4.78 is 2.51. The molecule has 0 heterocycles. The average Bonchev–Trinajstić information content (AvgIpc) is 2.43. The third-order valence-corrected chi connectivity index (χ3v) is 4.47. The highest BCUT2D eigenvalue weighted by Gasteiger charge is 2.06. The fraction of sp³-hybridized carbons (Fsp3) is 0. The quantitative estimate of drug-likeness (QED) is 0.331. The van der Waals surface area contributed by atoms with Gasteiger partial charge in [0.1, 0.15) is 5.75 Å². The predicted molar refractivity (Wildman–Crippen MR) is 103 cm³/mol. The minimum absolute atomic E-state index is 0.131. The monoisotopic (exact) mass is 570 g/mol. The molecule has 21 heavy (non-hydrogen) atoms. The van der Waals surface area contributed by atoms with E-state index >= 15 is 0 Å². The second kappa shape index (κ2) is 7.54. The molecule has 0 aromatic heterocycles. The summed E-state index contributed by atoms with van der Waals surface area (Å²) in [5.74, 6) is -0.167. The highest BCUT2D eigenvalue weighted by atomic mass is 127. The van der Waals surface area contributed by atoms with Crippen molar-refractivity contribution >= 4 is 73.2 Å². The van der Waals surface area contributed by atoms with E-state index in [1.54, 1.807) is 24.3 Å². The lowest BCUT2D eigenvalue weighted by atomic mass is 10.2. The first kappa shape index (κ1) is 16.7. The molecule has 0 spiro atoms. The summed E-state index contributed by atoms with van der Waals surface area (Å²) in [6, 6.07) is 10.7. The molecule has 0 bridgehead atoms. The van der Waals surface area contributed by atoms with Crippen LogP contribution in [0.25, 0.3) is 0 Å². The van der Waals surface area contributed by atoms with E-state index in [1.165, 1.54) is 6.21 Å². The molecule has 7 heteroatoms. The molecule has 1 amide bonds. The maximum Gasteiger partial charge on any atom is 0.271 e. The summed E-state index contributed by atoms with van der Waals surface area (Å²) >= 11 is 7.51. The Kier molecular flexibility index (Phi) is 5.99. The minimum atomic E-state index is -0.297. The number of rotatable bonds is 3. The summed E-state index contributed by atoms with van der Waals surface area (Å²) in [7, 11) is 0. The lowest BCUT2D eigenvalue weighted by molar-refractivity contribution is 0.0955. The number of halogens is 3. The number of carbonyl (C=O) groups is 1. The van der Waals surface area contributed by atoms with Crippen LogP contribution in [0.3, 0.4) is 0 Å². The molecule has 0 aliphatic heterocycles. The number of hydrogen-bond donors (Lipinski definition) is 2. The maximum atomic E-state index is 11.9. The van der Waals surface area contributed by atoms with Gasteiger partial charge in [-0.05, 0) is 75.5 Å². The lowest BCUT2D eigenvalue weighted by Gasteiger charge is -2.03. The largest absolute Gasteiger partial charge is 0.506 e. The van der Waals surface area contributed by atoms with E-state index in [4.69, 9.17) is 0 Å². The Hall–Kier alpha value is -0.680. The Bertz CT molecular complexity index is 720. The first-order valence-corrected chi connectivity index (χ1v) is 8.69. The molecule has 2 aromatic carbocycles. The van der Waals surface area contributed by atoms with E-state index < -0.39 is 0 Å². The number of nitrogens with one attached hydrogen (secondary N) is 1. The van der Waals surface area contributed by atoms with Crippen molar-refractivity contribution < 1.29 is 9.90 Å². The van der Waals surface area contributed by atoms with Crippen LogP contribution in [0.15, 0.2) is 46.0 Å². The van der Waals surface area contributed by atoms with E-state index in [9.17, 15) is 9.90 Å². The molecule has 2 aromatic rings. The highest BCUT2D eigenvalue weighted by Crippen LogP contribution is 2.27. The first-order valence-electron chi connectivity index (χ1n) is 5.74. The molecule has 0 aliphatic carbocycles. The summed E-state index contributed by atoms with van der Waals surface area (Å²) in [5.41, 5.74) is 3.50. The summed E-state index contributed by atoms with van der Waals surface area (Å²) in [4.78, 5) is 11.9. The van der Waals surface area contributed by atoms with Crippen molar-refractivity contribution in [3.05, 3.63) is 59.1 Å². The van der Waals surface area contributed by atoms with Gasteiger partial charge in [-0.1, -0.05) is 22.0 Å². The third-order valence-electron chi connectivity index (χ3n) is 2.51. The van der Waals surface area contributed by atoms with Crippen molar-refractivity contribution in [3.63, 3.8) is 0 Å². The van der Waals surface area contributed by atoms with Gasteiger partial charge in [-0.3, -0.25) is 4.79 Å². The maximum absolute atomic E-state index is 11.9. The van der Waals surface area contributed by atoms with Crippen LogP contribution >= 0.6 is 61.1 Å². The number of phenolic OH excluding ortho intramolecular Hbond substituents is 1. The first-order chi connectivity index (χ1) is 9.97. The van der Waals surface area contributed by atoms with Crippen molar-refractivity contribution in [3.8, 4) is 5.75 Å². The average molecular weight is 571 g/mol. The minimum Gasteiger partial charge on any atom is -0.506 e. The zero-order valence-corrected chi connectivity index (χ0v) is 16.4. The summed E-state index contributed by atoms with van der Waals surface area (Å²) in [6.45, 7) is 0. The number of hydrazone groups is 1. The fourth-order valence-corrected chi connectivity index (χ4v) is 3.63. The molecular weight excluding hydrogens is 562 g/mol. The van der Waals surface area contributed by atoms with Crippen LogP contribution in [0.4, 0.5) is 0 Å². The van der Waals surface area contributed by atoms with Crippen molar-refractivity contribution in [1.82, 2.24) is 5.43 Å². The van der Waals surface area contributed by atoms with Crippen LogP contribution < -0.4 is 5.43 Å². The Labute approximate surface area is 157 Å². The van der Waals surface area contributed by atoms with Crippen LogP contribution in [0.2, 0.25) is 0 Å². The third kappa shape index (κ3) is 4.65. The number of nitrogens with zero attached hydrogens (tertiary/aromatic N) is 1. The fourth-order valence-electron chi connectivity index (χ4n) is 1.54. The second-order valence-electron chi connectivity index (χ2n) is 4.03. The Morgan fingerprint density at radius 2 is 2.05 bits per heavy atom. The number of hydrogen-bond acceptors (Lipinski definition) is 3. The molecule has 108 valence electrons. The predicted octanol–water partition coefficient (Wildman–Crippen LogP) is 4.13. The second-order valence-corrected chi connectivity index (χ2v) is 7.36. The highest BCUT2D eigenvalue weighted by molar-refractivity contribution is 14.1. The molecule has 0 atom stereocenters. The van der Waals surface area contributed by atoms with Crippen LogP contribution in [0.5, 0.6) is 5.75 Å². The summed E-state index contributed by atoms with van der Waals surface area (Å²) in [6.07, 6.45) is 1.41. The van der Waals surface area contributed by atoms with Gasteiger partial charge in [0.2, 0.25) is 0 Å². The van der Waals surface area contributed by atoms with Crippen LogP contribution in [0.1, 0.15) is 15.9 Å². The molecule has 0 saturated carbocycles. The molecule has 0 fully saturated rings. The van der Waals surface area contributed by atoms with Gasteiger partial charge in [0, 0.05) is 19.2 Å². The van der Waals surface area contributed by atoms with Gasteiger partial charge in [-0.25, -0.2) is 5.43 Å². The lowest BCUT2D eigenvalue weighted by Crippen LogP contribution is -2.17. The topological polar surface area (TPSA) is 61.7 Å². The smallest absolute Gasteiger partial charge is 0.271 e. The molecule has 0 saturated heterocycles. The number of carbonyl (C=O) groups excluding carboxylic acids is 1. The molecule has 2 N–H and O–H groups in total. The van der Waals surface area contributed by atoms with E-state index in [0.717, 1.165) is 8.04 Å². The van der Waals surface area contributed by atoms with Crippen molar-refractivity contribution in [2.24, 2.45) is 5.10 Å². The number of phenols is 1. The van der Waals surface area contributed by atoms with Crippen LogP contribution in [-0.2, 0) is 0 Å². The zero-order chi connectivity index (χ0) is 15.4. The molecular formula is C14H9BrI2N2O2. The Morgan fingerprint density at radius 1 is 1.29 bits per heavy atom. The van der Waals surface area contributed by atoms with Gasteiger partial charge in [-0.15, -0.1) is 0 Å². The number of amides is 1. The van der Waals surface area contributed by atoms with Gasteiger partial charge in [0.05, 0.1) is 9.78 Å². The molecule has 0 radical (unpaired) electrons. The van der Waals surface area contributed by atoms with E-state index in [0.29, 0.717) is 14.7 Å². The Balaban J connectivity index is 2.11. The van der Waals surface area contributed by atoms with E-state index in [2.05, 4.69) is 49.0 Å². The molecule has 0 unspecified atom stereocenters. The van der Waals surface area contributed by atoms with Crippen molar-refractivity contribution in [2.75, 3.05) is 0 Å². The van der Waals surface area contributed by atoms with E-state index in [-0.39, 0.29) is 11.7 Å². The van der Waals surface area contributed by atoms with Crippen LogP contribution in [0, 0.1) is 7.14 Å². The number of benzene rings is 2. The van der Waals surface area contributed by atoms with Gasteiger partial charge < -0.3 is 5.11 Å². The standard InChI is InChI=1S/C14H9BrI2N2O2/c15-10-4-9(13(20)12(17)6-10)7-18-19-14(21)8-2-1-3-11(16)5-8/h1-7,20H,(H,19,21)/b18-7-. The van der Waals surface area contributed by atoms with Crippen LogP contribution in [-0.4, -0.2) is 17.2 Å². The number of aromatic hydroxyl groups is 1. The molecule has 0 aliphatic rings. The van der Waals surface area contributed by atoms with Gasteiger partial charge >= 0.3 is 0 Å². The normalized spacial score (nSPS) is 10.8. The summed E-state index contributed by atoms with van der Waals surface area (Å²) in [5, 5.41) is 13.8.